The van der Waals surface area contributed by atoms with Gasteiger partial charge in [-0.15, -0.1) is 0 Å². The summed E-state index contributed by atoms with van der Waals surface area (Å²) in [4.78, 5) is 30.7. The summed E-state index contributed by atoms with van der Waals surface area (Å²) in [7, 11) is 0. The monoisotopic (exact) mass is 871 g/mol. The Morgan fingerprint density at radius 1 is 0.279 bits per heavy atom. The van der Waals surface area contributed by atoms with Crippen LogP contribution in [0.2, 0.25) is 0 Å². The molecule has 0 aliphatic rings. The van der Waals surface area contributed by atoms with Gasteiger partial charge >= 0.3 is 0 Å². The van der Waals surface area contributed by atoms with Gasteiger partial charge in [0.1, 0.15) is 11.2 Å². The highest BCUT2D eigenvalue weighted by Gasteiger charge is 2.22. The number of nitrogens with zero attached hydrogens (tertiary/aromatic N) is 7. The fourth-order valence-corrected chi connectivity index (χ4v) is 9.27. The molecule has 318 valence electrons. The number of hydrogen-bond donors (Lipinski definition) is 0. The molecule has 0 aliphatic carbocycles. The van der Waals surface area contributed by atoms with E-state index in [1.807, 2.05) is 121 Å². The normalized spacial score (nSPS) is 11.5. The summed E-state index contributed by atoms with van der Waals surface area (Å²) in [6, 6.07) is 76.5. The molecule has 0 aliphatic heterocycles. The van der Waals surface area contributed by atoms with Crippen LogP contribution in [-0.4, -0.2) is 34.5 Å². The fraction of sp³-hybridized carbons (Fsp3) is 0. The first-order valence-corrected chi connectivity index (χ1v) is 22.5. The summed E-state index contributed by atoms with van der Waals surface area (Å²) < 4.78 is 8.75. The molecule has 0 atom stereocenters. The molecule has 9 aromatic carbocycles. The van der Waals surface area contributed by atoms with E-state index in [9.17, 15) is 0 Å². The molecule has 0 fully saturated rings. The van der Waals surface area contributed by atoms with Crippen molar-refractivity contribution in [2.75, 3.05) is 0 Å². The number of fused-ring (bicyclic) bond motifs is 6. The minimum Gasteiger partial charge on any atom is -0.456 e. The van der Waals surface area contributed by atoms with Gasteiger partial charge in [0.2, 0.25) is 5.95 Å². The van der Waals surface area contributed by atoms with E-state index in [1.165, 1.54) is 0 Å². The van der Waals surface area contributed by atoms with E-state index in [0.717, 1.165) is 93.8 Å². The second kappa shape index (κ2) is 16.2. The molecular formula is C60H37N7O. The van der Waals surface area contributed by atoms with Gasteiger partial charge in [-0.05, 0) is 64.7 Å². The third kappa shape index (κ3) is 6.87. The van der Waals surface area contributed by atoms with Crippen LogP contribution < -0.4 is 0 Å². The van der Waals surface area contributed by atoms with Crippen molar-refractivity contribution < 1.29 is 4.42 Å². The van der Waals surface area contributed by atoms with Crippen molar-refractivity contribution in [3.05, 3.63) is 224 Å². The summed E-state index contributed by atoms with van der Waals surface area (Å²) in [6.45, 7) is 0. The quantitative estimate of drug-likeness (QED) is 0.150. The van der Waals surface area contributed by atoms with E-state index < -0.39 is 0 Å². The second-order valence-corrected chi connectivity index (χ2v) is 16.7. The Bertz CT molecular complexity index is 3960. The number of furan rings is 1. The summed E-state index contributed by atoms with van der Waals surface area (Å²) in [5.41, 5.74) is 12.3. The van der Waals surface area contributed by atoms with Crippen molar-refractivity contribution in [3.63, 3.8) is 0 Å². The highest BCUT2D eigenvalue weighted by Crippen LogP contribution is 2.40. The zero-order valence-corrected chi connectivity index (χ0v) is 36.4. The van der Waals surface area contributed by atoms with Crippen molar-refractivity contribution in [1.29, 1.82) is 0 Å². The maximum atomic E-state index is 6.59. The Labute approximate surface area is 390 Å². The third-order valence-electron chi connectivity index (χ3n) is 12.5. The smallest absolute Gasteiger partial charge is 0.238 e. The lowest BCUT2D eigenvalue weighted by molar-refractivity contribution is 0.669. The molecule has 0 radical (unpaired) electrons. The Morgan fingerprint density at radius 2 is 0.750 bits per heavy atom. The molecular weight excluding hydrogens is 835 g/mol. The molecule has 0 saturated carbocycles. The molecule has 0 bridgehead atoms. The van der Waals surface area contributed by atoms with E-state index in [2.05, 4.69) is 108 Å². The zero-order valence-electron chi connectivity index (χ0n) is 36.4. The van der Waals surface area contributed by atoms with Crippen LogP contribution in [0.5, 0.6) is 0 Å². The number of hydrogen-bond acceptors (Lipinski definition) is 7. The maximum Gasteiger partial charge on any atom is 0.238 e. The lowest BCUT2D eigenvalue weighted by Gasteiger charge is -2.12. The molecule has 68 heavy (non-hydrogen) atoms. The molecule has 0 unspecified atom stereocenters. The Morgan fingerprint density at radius 3 is 1.44 bits per heavy atom. The molecule has 13 aromatic rings. The van der Waals surface area contributed by atoms with Crippen molar-refractivity contribution in [3.8, 4) is 85.1 Å². The van der Waals surface area contributed by atoms with Gasteiger partial charge in [0.25, 0.3) is 0 Å². The van der Waals surface area contributed by atoms with Crippen LogP contribution in [0.4, 0.5) is 0 Å². The Hall–Kier alpha value is -9.40. The molecule has 13 rings (SSSR count). The van der Waals surface area contributed by atoms with E-state index in [-0.39, 0.29) is 0 Å². The van der Waals surface area contributed by atoms with Crippen molar-refractivity contribution in [2.24, 2.45) is 0 Å². The van der Waals surface area contributed by atoms with Crippen LogP contribution in [0.3, 0.4) is 0 Å². The second-order valence-electron chi connectivity index (χ2n) is 16.7. The number of aromatic nitrogens is 7. The lowest BCUT2D eigenvalue weighted by Crippen LogP contribution is -2.06. The standard InChI is InChI=1S/C60H37N7O/c1-5-17-38(18-6-1)43-31-33-51-48(36-43)46-27-13-14-29-50(46)67(51)60-65-57(41-23-11-4-12-24-41)64-59(66-60)47-28-16-30-53-54(47)49-37-44(32-34-52(49)68-53)42-25-15-26-45(35-42)58-62-55(39-19-7-2-8-20-39)61-56(63-58)40-21-9-3-10-22-40/h1-37H. The van der Waals surface area contributed by atoms with Crippen LogP contribution >= 0.6 is 0 Å². The highest BCUT2D eigenvalue weighted by molar-refractivity contribution is 6.13. The molecule has 4 heterocycles. The van der Waals surface area contributed by atoms with E-state index in [0.29, 0.717) is 35.1 Å². The lowest BCUT2D eigenvalue weighted by atomic mass is 9.99. The average molecular weight is 872 g/mol. The van der Waals surface area contributed by atoms with Crippen LogP contribution in [0.25, 0.3) is 129 Å². The molecule has 8 nitrogen and oxygen atoms in total. The van der Waals surface area contributed by atoms with Gasteiger partial charge in [-0.1, -0.05) is 182 Å². The Balaban J connectivity index is 0.964. The largest absolute Gasteiger partial charge is 0.456 e. The topological polar surface area (TPSA) is 95.4 Å². The maximum absolute atomic E-state index is 6.59. The first kappa shape index (κ1) is 39.0. The van der Waals surface area contributed by atoms with E-state index in [4.69, 9.17) is 34.3 Å². The van der Waals surface area contributed by atoms with Crippen molar-refractivity contribution in [2.45, 2.75) is 0 Å². The van der Waals surface area contributed by atoms with Gasteiger partial charge in [0.15, 0.2) is 29.1 Å². The molecule has 0 saturated heterocycles. The van der Waals surface area contributed by atoms with Gasteiger partial charge in [-0.25, -0.2) is 19.9 Å². The summed E-state index contributed by atoms with van der Waals surface area (Å²) in [6.07, 6.45) is 0. The minimum atomic E-state index is 0.527. The van der Waals surface area contributed by atoms with Gasteiger partial charge in [0, 0.05) is 49.4 Å². The van der Waals surface area contributed by atoms with Gasteiger partial charge in [-0.2, -0.15) is 9.97 Å². The van der Waals surface area contributed by atoms with Crippen LogP contribution in [0.1, 0.15) is 0 Å². The molecule has 8 heteroatoms. The number of benzene rings is 9. The average Bonchev–Trinajstić information content (AvgIpc) is 3.97. The van der Waals surface area contributed by atoms with Crippen LogP contribution in [-0.2, 0) is 0 Å². The van der Waals surface area contributed by atoms with Crippen LogP contribution in [0, 0.1) is 0 Å². The third-order valence-corrected chi connectivity index (χ3v) is 12.5. The summed E-state index contributed by atoms with van der Waals surface area (Å²) in [5, 5.41) is 4.11. The molecule has 0 N–H and O–H groups in total. The van der Waals surface area contributed by atoms with Gasteiger partial charge in [-0.3, -0.25) is 4.57 Å². The minimum absolute atomic E-state index is 0.527. The fourth-order valence-electron chi connectivity index (χ4n) is 9.27. The first-order valence-electron chi connectivity index (χ1n) is 22.5. The van der Waals surface area contributed by atoms with Crippen molar-refractivity contribution in [1.82, 2.24) is 34.5 Å². The van der Waals surface area contributed by atoms with Gasteiger partial charge < -0.3 is 4.42 Å². The SMILES string of the molecule is c1ccc(-c2ccc3c(c2)c2ccccc2n3-c2nc(-c3ccccc3)nc(-c3cccc4oc5ccc(-c6cccc(-c7nc(-c8ccccc8)nc(-c8ccccc8)n7)c6)cc5c34)n2)cc1. The van der Waals surface area contributed by atoms with E-state index in [1.54, 1.807) is 0 Å². The van der Waals surface area contributed by atoms with E-state index >= 15 is 0 Å². The molecule has 0 spiro atoms. The summed E-state index contributed by atoms with van der Waals surface area (Å²) >= 11 is 0. The predicted octanol–water partition coefficient (Wildman–Crippen LogP) is 14.7. The highest BCUT2D eigenvalue weighted by atomic mass is 16.3. The van der Waals surface area contributed by atoms with Crippen molar-refractivity contribution >= 4 is 43.7 Å². The first-order chi connectivity index (χ1) is 33.7. The molecule has 4 aromatic heterocycles. The van der Waals surface area contributed by atoms with Gasteiger partial charge in [0.05, 0.1) is 11.0 Å². The molecule has 0 amide bonds. The van der Waals surface area contributed by atoms with Crippen LogP contribution in [0.15, 0.2) is 229 Å². The predicted molar refractivity (Wildman–Crippen MR) is 273 cm³/mol. The number of para-hydroxylation sites is 1. The summed E-state index contributed by atoms with van der Waals surface area (Å²) in [5.74, 6) is 3.47. The Kier molecular flexibility index (Phi) is 9.31. The number of rotatable bonds is 8. The zero-order chi connectivity index (χ0) is 45.0.